The maximum Gasteiger partial charge on any atom is 0.158 e. The SMILES string of the molecule is NCc1cn(CC(=O)Cc2cc(F)cc(Br)c2)nn1. The van der Waals surface area contributed by atoms with Gasteiger partial charge in [0, 0.05) is 17.4 Å². The van der Waals surface area contributed by atoms with Gasteiger partial charge in [-0.2, -0.15) is 0 Å². The molecule has 0 aliphatic heterocycles. The molecule has 2 N–H and O–H groups in total. The molecule has 0 fully saturated rings. The molecule has 7 heteroatoms. The minimum absolute atomic E-state index is 0.0778. The van der Waals surface area contributed by atoms with E-state index in [0.717, 1.165) is 0 Å². The molecule has 0 radical (unpaired) electrons. The number of aromatic nitrogens is 3. The molecule has 0 saturated carbocycles. The quantitative estimate of drug-likeness (QED) is 0.902. The molecule has 1 aromatic heterocycles. The normalized spacial score (nSPS) is 10.7. The fourth-order valence-electron chi connectivity index (χ4n) is 1.69. The molecule has 0 aliphatic rings. The van der Waals surface area contributed by atoms with E-state index in [9.17, 15) is 9.18 Å². The van der Waals surface area contributed by atoms with Crippen LogP contribution in [0.2, 0.25) is 0 Å². The molecular weight excluding hydrogens is 315 g/mol. The van der Waals surface area contributed by atoms with Crippen molar-refractivity contribution in [1.29, 1.82) is 0 Å². The minimum Gasteiger partial charge on any atom is -0.325 e. The maximum absolute atomic E-state index is 13.2. The molecule has 5 nitrogen and oxygen atoms in total. The number of ketones is 1. The third kappa shape index (κ3) is 3.93. The zero-order chi connectivity index (χ0) is 13.8. The molecule has 19 heavy (non-hydrogen) atoms. The van der Waals surface area contributed by atoms with Crippen molar-refractivity contribution >= 4 is 21.7 Å². The third-order valence-electron chi connectivity index (χ3n) is 2.46. The molecule has 1 heterocycles. The number of carbonyl (C=O) groups is 1. The number of carbonyl (C=O) groups excluding carboxylic acids is 1. The molecule has 1 aromatic carbocycles. The van der Waals surface area contributed by atoms with E-state index < -0.39 is 0 Å². The average molecular weight is 327 g/mol. The van der Waals surface area contributed by atoms with Crippen molar-refractivity contribution in [3.63, 3.8) is 0 Å². The Morgan fingerprint density at radius 1 is 1.42 bits per heavy atom. The van der Waals surface area contributed by atoms with E-state index in [2.05, 4.69) is 26.2 Å². The molecule has 0 aliphatic carbocycles. The monoisotopic (exact) mass is 326 g/mol. The van der Waals surface area contributed by atoms with Crippen LogP contribution in [0.5, 0.6) is 0 Å². The zero-order valence-corrected chi connectivity index (χ0v) is 11.6. The van der Waals surface area contributed by atoms with Gasteiger partial charge in [-0.25, -0.2) is 9.07 Å². The number of rotatable bonds is 5. The highest BCUT2D eigenvalue weighted by atomic mass is 79.9. The van der Waals surface area contributed by atoms with Crippen LogP contribution in [-0.4, -0.2) is 20.8 Å². The van der Waals surface area contributed by atoms with Gasteiger partial charge in [0.25, 0.3) is 0 Å². The molecule has 0 atom stereocenters. The van der Waals surface area contributed by atoms with E-state index in [0.29, 0.717) is 15.7 Å². The Bertz CT molecular complexity index is 579. The predicted octanol–water partition coefficient (Wildman–Crippen LogP) is 1.45. The van der Waals surface area contributed by atoms with Crippen LogP contribution in [0.1, 0.15) is 11.3 Å². The molecule has 0 saturated heterocycles. The molecule has 2 rings (SSSR count). The third-order valence-corrected chi connectivity index (χ3v) is 2.92. The second kappa shape index (κ2) is 6.03. The van der Waals surface area contributed by atoms with Crippen LogP contribution in [0.4, 0.5) is 4.39 Å². The summed E-state index contributed by atoms with van der Waals surface area (Å²) >= 11 is 3.19. The molecule has 100 valence electrons. The Morgan fingerprint density at radius 3 is 2.84 bits per heavy atom. The number of halogens is 2. The van der Waals surface area contributed by atoms with Crippen molar-refractivity contribution in [1.82, 2.24) is 15.0 Å². The van der Waals surface area contributed by atoms with Gasteiger partial charge in [0.05, 0.1) is 11.9 Å². The Morgan fingerprint density at radius 2 is 2.21 bits per heavy atom. The van der Waals surface area contributed by atoms with E-state index in [1.165, 1.54) is 16.8 Å². The Labute approximate surface area is 117 Å². The van der Waals surface area contributed by atoms with E-state index in [1.54, 1.807) is 12.3 Å². The summed E-state index contributed by atoms with van der Waals surface area (Å²) in [5.74, 6) is -0.450. The van der Waals surface area contributed by atoms with Gasteiger partial charge in [0.1, 0.15) is 12.4 Å². The Balaban J connectivity index is 2.00. The van der Waals surface area contributed by atoms with Crippen molar-refractivity contribution in [3.8, 4) is 0 Å². The average Bonchev–Trinajstić information content (AvgIpc) is 2.74. The van der Waals surface area contributed by atoms with Gasteiger partial charge in [-0.05, 0) is 23.8 Å². The molecular formula is C12H12BrFN4O. The first-order valence-corrected chi connectivity index (χ1v) is 6.42. The first-order valence-electron chi connectivity index (χ1n) is 5.62. The summed E-state index contributed by atoms with van der Waals surface area (Å²) in [6.45, 7) is 0.381. The zero-order valence-electron chi connectivity index (χ0n) is 10.0. The van der Waals surface area contributed by atoms with Gasteiger partial charge in [-0.3, -0.25) is 4.79 Å². The molecule has 0 spiro atoms. The lowest BCUT2D eigenvalue weighted by atomic mass is 10.1. The summed E-state index contributed by atoms with van der Waals surface area (Å²) in [6.07, 6.45) is 1.77. The highest BCUT2D eigenvalue weighted by Crippen LogP contribution is 2.15. The van der Waals surface area contributed by atoms with E-state index >= 15 is 0 Å². The summed E-state index contributed by atoms with van der Waals surface area (Å²) in [6, 6.07) is 4.40. The highest BCUT2D eigenvalue weighted by molar-refractivity contribution is 9.10. The van der Waals surface area contributed by atoms with Crippen LogP contribution in [0, 0.1) is 5.82 Å². The summed E-state index contributed by atoms with van der Waals surface area (Å²) in [5, 5.41) is 7.58. The Hall–Kier alpha value is -1.60. The molecule has 0 unspecified atom stereocenters. The molecule has 2 aromatic rings. The van der Waals surface area contributed by atoms with Gasteiger partial charge in [-0.15, -0.1) is 5.10 Å². The van der Waals surface area contributed by atoms with Crippen LogP contribution in [-0.2, 0) is 24.3 Å². The van der Waals surface area contributed by atoms with E-state index in [-0.39, 0.29) is 31.1 Å². The number of nitrogens with two attached hydrogens (primary N) is 1. The van der Waals surface area contributed by atoms with Gasteiger partial charge in [0.2, 0.25) is 0 Å². The largest absolute Gasteiger partial charge is 0.325 e. The van der Waals surface area contributed by atoms with E-state index in [4.69, 9.17) is 5.73 Å². The highest BCUT2D eigenvalue weighted by Gasteiger charge is 2.08. The van der Waals surface area contributed by atoms with Crippen molar-refractivity contribution in [2.45, 2.75) is 19.5 Å². The summed E-state index contributed by atoms with van der Waals surface area (Å²) in [5.41, 5.74) is 6.65. The van der Waals surface area contributed by atoms with E-state index in [1.807, 2.05) is 0 Å². The lowest BCUT2D eigenvalue weighted by Crippen LogP contribution is -2.13. The van der Waals surface area contributed by atoms with Crippen molar-refractivity contribution in [2.75, 3.05) is 0 Å². The van der Waals surface area contributed by atoms with Crippen LogP contribution in [0.15, 0.2) is 28.9 Å². The van der Waals surface area contributed by atoms with Crippen LogP contribution in [0.3, 0.4) is 0 Å². The van der Waals surface area contributed by atoms with Gasteiger partial charge in [-0.1, -0.05) is 21.1 Å². The first kappa shape index (κ1) is 13.8. The summed E-state index contributed by atoms with van der Waals surface area (Å²) < 4.78 is 15.2. The molecule has 0 amide bonds. The van der Waals surface area contributed by atoms with Crippen molar-refractivity contribution < 1.29 is 9.18 Å². The lowest BCUT2D eigenvalue weighted by molar-refractivity contribution is -0.119. The topological polar surface area (TPSA) is 73.8 Å². The maximum atomic E-state index is 13.2. The van der Waals surface area contributed by atoms with Gasteiger partial charge >= 0.3 is 0 Å². The fraction of sp³-hybridized carbons (Fsp3) is 0.250. The Kier molecular flexibility index (Phi) is 4.39. The first-order chi connectivity index (χ1) is 9.06. The number of hydrogen-bond acceptors (Lipinski definition) is 4. The van der Waals surface area contributed by atoms with Gasteiger partial charge in [0.15, 0.2) is 5.78 Å². The predicted molar refractivity (Wildman–Crippen MR) is 70.7 cm³/mol. The number of benzene rings is 1. The standard InChI is InChI=1S/C12H12BrFN4O/c13-9-1-8(2-10(14)4-9)3-12(19)7-18-6-11(5-15)16-17-18/h1-2,4,6H,3,5,7,15H2. The van der Waals surface area contributed by atoms with Crippen LogP contribution >= 0.6 is 15.9 Å². The lowest BCUT2D eigenvalue weighted by Gasteiger charge is -2.02. The van der Waals surface area contributed by atoms with Crippen molar-refractivity contribution in [2.24, 2.45) is 5.73 Å². The number of nitrogens with zero attached hydrogens (tertiary/aromatic N) is 3. The summed E-state index contributed by atoms with van der Waals surface area (Å²) in [4.78, 5) is 11.8. The van der Waals surface area contributed by atoms with Gasteiger partial charge < -0.3 is 5.73 Å². The number of hydrogen-bond donors (Lipinski definition) is 1. The second-order valence-electron chi connectivity index (χ2n) is 4.10. The number of Topliss-reactive ketones (excluding diaryl/α,β-unsaturated/α-hetero) is 1. The second-order valence-corrected chi connectivity index (χ2v) is 5.02. The smallest absolute Gasteiger partial charge is 0.158 e. The van der Waals surface area contributed by atoms with Crippen LogP contribution < -0.4 is 5.73 Å². The fourth-order valence-corrected chi connectivity index (χ4v) is 2.20. The summed E-state index contributed by atoms with van der Waals surface area (Å²) in [7, 11) is 0. The molecule has 0 bridgehead atoms. The minimum atomic E-state index is -0.372. The van der Waals surface area contributed by atoms with Crippen LogP contribution in [0.25, 0.3) is 0 Å². The van der Waals surface area contributed by atoms with Crippen molar-refractivity contribution in [3.05, 3.63) is 45.9 Å².